The highest BCUT2D eigenvalue weighted by Gasteiger charge is 2.27. The molecule has 1 amide bonds. The van der Waals surface area contributed by atoms with E-state index in [1.54, 1.807) is 24.3 Å². The van der Waals surface area contributed by atoms with Gasteiger partial charge in [0.05, 0.1) is 6.07 Å². The van der Waals surface area contributed by atoms with E-state index < -0.39 is 18.1 Å². The smallest absolute Gasteiger partial charge is 0.254 e. The Morgan fingerprint density at radius 3 is 2.50 bits per heavy atom. The second-order valence-electron chi connectivity index (χ2n) is 5.33. The van der Waals surface area contributed by atoms with Crippen LogP contribution in [0.1, 0.15) is 43.8 Å². The summed E-state index contributed by atoms with van der Waals surface area (Å²) in [6, 6.07) is 10.4. The molecule has 1 aromatic carbocycles. The number of carbonyl (C=O) groups excluding carboxylic acids is 1. The van der Waals surface area contributed by atoms with E-state index in [2.05, 4.69) is 11.4 Å². The van der Waals surface area contributed by atoms with Crippen molar-refractivity contribution in [1.82, 2.24) is 5.32 Å². The van der Waals surface area contributed by atoms with Crippen LogP contribution in [0.25, 0.3) is 0 Å². The maximum atomic E-state index is 12.0. The Kier molecular flexibility index (Phi) is 5.14. The minimum absolute atomic E-state index is 0.209. The summed E-state index contributed by atoms with van der Waals surface area (Å²) in [7, 11) is 0. The molecule has 0 spiro atoms. The Morgan fingerprint density at radius 2 is 1.90 bits per heavy atom. The maximum absolute atomic E-state index is 12.0. The summed E-state index contributed by atoms with van der Waals surface area (Å²) in [5.74, 6) is -0.283. The summed E-state index contributed by atoms with van der Waals surface area (Å²) >= 11 is 0. The molecular weight excluding hydrogens is 252 g/mol. The van der Waals surface area contributed by atoms with Gasteiger partial charge in [0.15, 0.2) is 6.10 Å². The molecule has 1 fully saturated rings. The normalized spacial score (nSPS) is 18.8. The van der Waals surface area contributed by atoms with Crippen molar-refractivity contribution in [2.24, 2.45) is 5.92 Å². The maximum Gasteiger partial charge on any atom is 0.254 e. The van der Waals surface area contributed by atoms with Crippen LogP contribution in [-0.4, -0.2) is 17.1 Å². The lowest BCUT2D eigenvalue weighted by molar-refractivity contribution is -0.130. The Balaban J connectivity index is 1.97. The molecular formula is C16H20N2O2. The summed E-state index contributed by atoms with van der Waals surface area (Å²) < 4.78 is 0. The Bertz CT molecular complexity index is 475. The zero-order chi connectivity index (χ0) is 14.4. The molecule has 106 valence electrons. The number of benzene rings is 1. The van der Waals surface area contributed by atoms with Crippen LogP contribution in [0.4, 0.5) is 0 Å². The van der Waals surface area contributed by atoms with E-state index in [0.717, 1.165) is 25.7 Å². The second-order valence-corrected chi connectivity index (χ2v) is 5.33. The number of hydrogen-bond donors (Lipinski definition) is 2. The highest BCUT2D eigenvalue weighted by molar-refractivity contribution is 5.82. The van der Waals surface area contributed by atoms with Crippen molar-refractivity contribution in [3.63, 3.8) is 0 Å². The molecule has 20 heavy (non-hydrogen) atoms. The third-order valence-corrected chi connectivity index (χ3v) is 3.92. The van der Waals surface area contributed by atoms with Gasteiger partial charge in [-0.3, -0.25) is 4.79 Å². The van der Waals surface area contributed by atoms with Crippen molar-refractivity contribution in [3.8, 4) is 6.07 Å². The molecule has 0 bridgehead atoms. The van der Waals surface area contributed by atoms with Crippen LogP contribution in [0.15, 0.2) is 30.3 Å². The van der Waals surface area contributed by atoms with Gasteiger partial charge < -0.3 is 10.4 Å². The molecule has 1 saturated carbocycles. The molecule has 0 saturated heterocycles. The number of nitrogens with zero attached hydrogens (tertiary/aromatic N) is 1. The summed E-state index contributed by atoms with van der Waals surface area (Å²) in [6.45, 7) is 0. The molecule has 0 aromatic heterocycles. The standard InChI is InChI=1S/C16H20N2O2/c17-11-14(12-7-3-1-4-8-12)18-16(20)15(19)13-9-5-2-6-10-13/h2,5-6,9-10,12,14-15,19H,1,3-4,7-8H2,(H,18,20). The molecule has 1 aliphatic rings. The first-order valence-corrected chi connectivity index (χ1v) is 7.15. The van der Waals surface area contributed by atoms with Crippen LogP contribution in [0.3, 0.4) is 0 Å². The van der Waals surface area contributed by atoms with E-state index in [9.17, 15) is 15.2 Å². The first-order chi connectivity index (χ1) is 9.72. The first-order valence-electron chi connectivity index (χ1n) is 7.15. The van der Waals surface area contributed by atoms with Gasteiger partial charge in [-0.15, -0.1) is 0 Å². The number of rotatable bonds is 4. The van der Waals surface area contributed by atoms with Gasteiger partial charge in [-0.05, 0) is 24.3 Å². The average Bonchev–Trinajstić information content (AvgIpc) is 2.53. The second kappa shape index (κ2) is 7.06. The van der Waals surface area contributed by atoms with Gasteiger partial charge in [-0.2, -0.15) is 5.26 Å². The summed E-state index contributed by atoms with van der Waals surface area (Å²) in [5.41, 5.74) is 0.547. The highest BCUT2D eigenvalue weighted by atomic mass is 16.3. The number of hydrogen-bond acceptors (Lipinski definition) is 3. The van der Waals surface area contributed by atoms with Crippen LogP contribution < -0.4 is 5.32 Å². The lowest BCUT2D eigenvalue weighted by Crippen LogP contribution is -2.42. The molecule has 4 heteroatoms. The van der Waals surface area contributed by atoms with Crippen LogP contribution in [0, 0.1) is 17.2 Å². The number of nitrogens with one attached hydrogen (secondary N) is 1. The van der Waals surface area contributed by atoms with E-state index >= 15 is 0 Å². The molecule has 2 unspecified atom stereocenters. The van der Waals surface area contributed by atoms with E-state index in [-0.39, 0.29) is 5.92 Å². The lowest BCUT2D eigenvalue weighted by Gasteiger charge is -2.27. The topological polar surface area (TPSA) is 73.1 Å². The SMILES string of the molecule is N#CC(NC(=O)C(O)c1ccccc1)C1CCCCC1. The molecule has 2 N–H and O–H groups in total. The number of carbonyl (C=O) groups is 1. The van der Waals surface area contributed by atoms with Gasteiger partial charge in [0.25, 0.3) is 5.91 Å². The lowest BCUT2D eigenvalue weighted by atomic mass is 9.84. The summed E-state index contributed by atoms with van der Waals surface area (Å²) in [5, 5.41) is 21.9. The Morgan fingerprint density at radius 1 is 1.25 bits per heavy atom. The fraction of sp³-hybridized carbons (Fsp3) is 0.500. The van der Waals surface area contributed by atoms with Gasteiger partial charge in [-0.1, -0.05) is 49.6 Å². The van der Waals surface area contributed by atoms with Crippen LogP contribution >= 0.6 is 0 Å². The van der Waals surface area contributed by atoms with Gasteiger partial charge in [0, 0.05) is 0 Å². The molecule has 4 nitrogen and oxygen atoms in total. The summed E-state index contributed by atoms with van der Waals surface area (Å²) in [4.78, 5) is 12.0. The number of amides is 1. The largest absolute Gasteiger partial charge is 0.378 e. The highest BCUT2D eigenvalue weighted by Crippen LogP contribution is 2.26. The quantitative estimate of drug-likeness (QED) is 0.883. The fourth-order valence-electron chi connectivity index (χ4n) is 2.74. The summed E-state index contributed by atoms with van der Waals surface area (Å²) in [6.07, 6.45) is 4.16. The van der Waals surface area contributed by atoms with E-state index in [1.807, 2.05) is 6.07 Å². The van der Waals surface area contributed by atoms with Crippen LogP contribution in [0.2, 0.25) is 0 Å². The van der Waals surface area contributed by atoms with E-state index in [4.69, 9.17) is 0 Å². The van der Waals surface area contributed by atoms with Gasteiger partial charge in [0.2, 0.25) is 0 Å². The van der Waals surface area contributed by atoms with E-state index in [0.29, 0.717) is 5.56 Å². The monoisotopic (exact) mass is 272 g/mol. The predicted octanol–water partition coefficient (Wildman–Crippen LogP) is 2.31. The third-order valence-electron chi connectivity index (χ3n) is 3.92. The molecule has 2 atom stereocenters. The zero-order valence-corrected chi connectivity index (χ0v) is 11.5. The van der Waals surface area contributed by atoms with Crippen molar-refractivity contribution in [3.05, 3.63) is 35.9 Å². The first kappa shape index (κ1) is 14.5. The van der Waals surface area contributed by atoms with Crippen molar-refractivity contribution >= 4 is 5.91 Å². The molecule has 0 radical (unpaired) electrons. The minimum Gasteiger partial charge on any atom is -0.378 e. The predicted molar refractivity (Wildman–Crippen MR) is 75.5 cm³/mol. The Hall–Kier alpha value is -1.86. The molecule has 2 rings (SSSR count). The Labute approximate surface area is 119 Å². The minimum atomic E-state index is -1.21. The molecule has 0 heterocycles. The molecule has 0 aliphatic heterocycles. The van der Waals surface area contributed by atoms with Crippen molar-refractivity contribution in [1.29, 1.82) is 5.26 Å². The molecule has 1 aliphatic carbocycles. The number of aliphatic hydroxyl groups is 1. The zero-order valence-electron chi connectivity index (χ0n) is 11.5. The van der Waals surface area contributed by atoms with Gasteiger partial charge in [-0.25, -0.2) is 0 Å². The number of nitriles is 1. The fourth-order valence-corrected chi connectivity index (χ4v) is 2.74. The third kappa shape index (κ3) is 3.58. The van der Waals surface area contributed by atoms with Crippen molar-refractivity contribution < 1.29 is 9.90 Å². The van der Waals surface area contributed by atoms with Crippen molar-refractivity contribution in [2.45, 2.75) is 44.2 Å². The van der Waals surface area contributed by atoms with Gasteiger partial charge >= 0.3 is 0 Å². The average molecular weight is 272 g/mol. The van der Waals surface area contributed by atoms with Crippen LogP contribution in [0.5, 0.6) is 0 Å². The van der Waals surface area contributed by atoms with Crippen molar-refractivity contribution in [2.75, 3.05) is 0 Å². The van der Waals surface area contributed by atoms with Crippen LogP contribution in [-0.2, 0) is 4.79 Å². The van der Waals surface area contributed by atoms with Gasteiger partial charge in [0.1, 0.15) is 6.04 Å². The number of aliphatic hydroxyl groups excluding tert-OH is 1. The van der Waals surface area contributed by atoms with E-state index in [1.165, 1.54) is 6.42 Å². The molecule has 1 aromatic rings.